The van der Waals surface area contributed by atoms with Crippen molar-refractivity contribution in [1.82, 2.24) is 15.5 Å². The molecule has 5 heteroatoms. The number of aromatic nitrogens is 2. The maximum absolute atomic E-state index is 11.3. The number of hydrogen-bond acceptors (Lipinski definition) is 3. The van der Waals surface area contributed by atoms with Gasteiger partial charge in [-0.3, -0.25) is 9.89 Å². The van der Waals surface area contributed by atoms with E-state index < -0.39 is 0 Å². The summed E-state index contributed by atoms with van der Waals surface area (Å²) in [6.07, 6.45) is 0.456. The molecule has 0 unspecified atom stereocenters. The number of carbonyl (C=O) groups is 1. The van der Waals surface area contributed by atoms with Gasteiger partial charge in [-0.15, -0.1) is 0 Å². The Morgan fingerprint density at radius 3 is 2.90 bits per heavy atom. The molecule has 1 aromatic carbocycles. The van der Waals surface area contributed by atoms with E-state index >= 15 is 0 Å². The number of amides is 1. The molecule has 0 radical (unpaired) electrons. The molecule has 1 fully saturated rings. The van der Waals surface area contributed by atoms with Gasteiger partial charge in [0.1, 0.15) is 5.82 Å². The lowest BCUT2D eigenvalue weighted by molar-refractivity contribution is -0.120. The van der Waals surface area contributed by atoms with Gasteiger partial charge in [-0.25, -0.2) is 0 Å². The third-order valence-corrected chi connectivity index (χ3v) is 3.66. The highest BCUT2D eigenvalue weighted by molar-refractivity contribution is 5.92. The van der Waals surface area contributed by atoms with Crippen LogP contribution in [0.1, 0.15) is 31.7 Å². The predicted octanol–water partition coefficient (Wildman–Crippen LogP) is 2.48. The van der Waals surface area contributed by atoms with Gasteiger partial charge in [0.25, 0.3) is 0 Å². The Morgan fingerprint density at radius 1 is 1.40 bits per heavy atom. The lowest BCUT2D eigenvalue weighted by Crippen LogP contribution is -2.42. The summed E-state index contributed by atoms with van der Waals surface area (Å²) in [5.41, 5.74) is 2.29. The zero-order valence-corrected chi connectivity index (χ0v) is 11.7. The standard InChI is InChI=1S/C15H18N4O/c1-9(2)11-4-5-12-13(8-11)17-18-15(12)19-7-6-14(20)16-10(19)3/h4-5,8-9H,3,6-7H2,1-2H3,(H,16,20)(H,17,18). The number of aromatic amines is 1. The first-order valence-corrected chi connectivity index (χ1v) is 6.80. The Morgan fingerprint density at radius 2 is 2.20 bits per heavy atom. The largest absolute Gasteiger partial charge is 0.313 e. The van der Waals surface area contributed by atoms with Crippen LogP contribution in [0.25, 0.3) is 10.9 Å². The van der Waals surface area contributed by atoms with Crippen LogP contribution < -0.4 is 10.2 Å². The van der Waals surface area contributed by atoms with E-state index in [4.69, 9.17) is 0 Å². The van der Waals surface area contributed by atoms with E-state index in [1.807, 2.05) is 4.90 Å². The van der Waals surface area contributed by atoms with Crippen molar-refractivity contribution in [3.05, 3.63) is 36.2 Å². The van der Waals surface area contributed by atoms with Crippen molar-refractivity contribution in [1.29, 1.82) is 0 Å². The number of nitrogens with zero attached hydrogens (tertiary/aromatic N) is 2. The number of H-pyrrole nitrogens is 1. The highest BCUT2D eigenvalue weighted by atomic mass is 16.2. The summed E-state index contributed by atoms with van der Waals surface area (Å²) in [5.74, 6) is 1.89. The second-order valence-corrected chi connectivity index (χ2v) is 5.40. The SMILES string of the molecule is C=C1NC(=O)CCN1c1n[nH]c2cc(C(C)C)ccc12. The highest BCUT2D eigenvalue weighted by Gasteiger charge is 2.23. The van der Waals surface area contributed by atoms with Crippen molar-refractivity contribution in [2.24, 2.45) is 0 Å². The normalized spacial score (nSPS) is 16.1. The first-order valence-electron chi connectivity index (χ1n) is 6.80. The summed E-state index contributed by atoms with van der Waals surface area (Å²) < 4.78 is 0. The van der Waals surface area contributed by atoms with Gasteiger partial charge >= 0.3 is 0 Å². The number of nitrogens with one attached hydrogen (secondary N) is 2. The first-order chi connectivity index (χ1) is 9.56. The summed E-state index contributed by atoms with van der Waals surface area (Å²) in [7, 11) is 0. The summed E-state index contributed by atoms with van der Waals surface area (Å²) in [4.78, 5) is 13.3. The van der Waals surface area contributed by atoms with E-state index in [9.17, 15) is 4.79 Å². The Hall–Kier alpha value is -2.30. The maximum atomic E-state index is 11.3. The summed E-state index contributed by atoms with van der Waals surface area (Å²) in [6, 6.07) is 6.33. The van der Waals surface area contributed by atoms with Gasteiger partial charge in [-0.2, -0.15) is 5.10 Å². The highest BCUT2D eigenvalue weighted by Crippen LogP contribution is 2.29. The fourth-order valence-electron chi connectivity index (χ4n) is 2.46. The predicted molar refractivity (Wildman–Crippen MR) is 79.4 cm³/mol. The van der Waals surface area contributed by atoms with Crippen LogP contribution in [0, 0.1) is 0 Å². The molecule has 2 heterocycles. The number of benzene rings is 1. The third kappa shape index (κ3) is 2.05. The minimum Gasteiger partial charge on any atom is -0.313 e. The van der Waals surface area contributed by atoms with E-state index in [1.165, 1.54) is 5.56 Å². The van der Waals surface area contributed by atoms with E-state index in [0.29, 0.717) is 24.7 Å². The molecule has 2 aromatic rings. The van der Waals surface area contributed by atoms with Gasteiger partial charge in [-0.05, 0) is 23.6 Å². The Balaban J connectivity index is 2.00. The van der Waals surface area contributed by atoms with Crippen LogP contribution in [0.5, 0.6) is 0 Å². The lowest BCUT2D eigenvalue weighted by Gasteiger charge is -2.29. The average Bonchev–Trinajstić information content (AvgIpc) is 2.81. The summed E-state index contributed by atoms with van der Waals surface area (Å²) >= 11 is 0. The first kappa shape index (κ1) is 12.7. The molecule has 5 nitrogen and oxygen atoms in total. The second kappa shape index (κ2) is 4.67. The topological polar surface area (TPSA) is 61.0 Å². The van der Waals surface area contributed by atoms with Gasteiger partial charge < -0.3 is 10.2 Å². The van der Waals surface area contributed by atoms with Crippen molar-refractivity contribution < 1.29 is 4.79 Å². The van der Waals surface area contributed by atoms with Crippen LogP contribution in [-0.4, -0.2) is 22.6 Å². The Labute approximate surface area is 117 Å². The van der Waals surface area contributed by atoms with Crippen molar-refractivity contribution in [2.45, 2.75) is 26.2 Å². The number of fused-ring (bicyclic) bond motifs is 1. The molecule has 1 saturated heterocycles. The van der Waals surface area contributed by atoms with Crippen LogP contribution in [0.2, 0.25) is 0 Å². The molecule has 104 valence electrons. The molecule has 0 atom stereocenters. The van der Waals surface area contributed by atoms with Crippen molar-refractivity contribution >= 4 is 22.6 Å². The summed E-state index contributed by atoms with van der Waals surface area (Å²) in [5, 5.41) is 11.2. The van der Waals surface area contributed by atoms with Gasteiger partial charge in [-0.1, -0.05) is 26.5 Å². The molecule has 0 saturated carbocycles. The lowest BCUT2D eigenvalue weighted by atomic mass is 10.0. The minimum absolute atomic E-state index is 0.00758. The van der Waals surface area contributed by atoms with Crippen LogP contribution in [0.15, 0.2) is 30.6 Å². The molecule has 1 aliphatic heterocycles. The fraction of sp³-hybridized carbons (Fsp3) is 0.333. The molecule has 1 aromatic heterocycles. The molecule has 1 aliphatic rings. The van der Waals surface area contributed by atoms with Gasteiger partial charge in [0.15, 0.2) is 5.82 Å². The van der Waals surface area contributed by atoms with E-state index in [0.717, 1.165) is 16.7 Å². The summed E-state index contributed by atoms with van der Waals surface area (Å²) in [6.45, 7) is 8.84. The number of hydrogen-bond donors (Lipinski definition) is 2. The molecule has 0 aliphatic carbocycles. The van der Waals surface area contributed by atoms with Gasteiger partial charge in [0, 0.05) is 18.4 Å². The number of anilines is 1. The molecule has 20 heavy (non-hydrogen) atoms. The molecular weight excluding hydrogens is 252 g/mol. The van der Waals surface area contributed by atoms with E-state index in [1.54, 1.807) is 0 Å². The Bertz CT molecular complexity index is 686. The maximum Gasteiger partial charge on any atom is 0.227 e. The van der Waals surface area contributed by atoms with Crippen LogP contribution >= 0.6 is 0 Å². The van der Waals surface area contributed by atoms with E-state index in [-0.39, 0.29) is 5.91 Å². The zero-order valence-electron chi connectivity index (χ0n) is 11.7. The average molecular weight is 270 g/mol. The van der Waals surface area contributed by atoms with Gasteiger partial charge in [0.2, 0.25) is 5.91 Å². The van der Waals surface area contributed by atoms with Crippen LogP contribution in [0.3, 0.4) is 0 Å². The van der Waals surface area contributed by atoms with Crippen LogP contribution in [-0.2, 0) is 4.79 Å². The smallest absolute Gasteiger partial charge is 0.227 e. The van der Waals surface area contributed by atoms with Crippen molar-refractivity contribution in [3.63, 3.8) is 0 Å². The second-order valence-electron chi connectivity index (χ2n) is 5.40. The number of carbonyl (C=O) groups excluding carboxylic acids is 1. The zero-order chi connectivity index (χ0) is 14.3. The quantitative estimate of drug-likeness (QED) is 0.881. The minimum atomic E-state index is 0.00758. The molecule has 0 spiro atoms. The molecule has 0 bridgehead atoms. The monoisotopic (exact) mass is 270 g/mol. The van der Waals surface area contributed by atoms with E-state index in [2.05, 4.69) is 54.1 Å². The number of rotatable bonds is 2. The molecule has 3 rings (SSSR count). The van der Waals surface area contributed by atoms with Gasteiger partial charge in [0.05, 0.1) is 5.52 Å². The Kier molecular flexibility index (Phi) is 2.97. The van der Waals surface area contributed by atoms with Crippen molar-refractivity contribution in [3.8, 4) is 0 Å². The van der Waals surface area contributed by atoms with Crippen LogP contribution in [0.4, 0.5) is 5.82 Å². The molecular formula is C15H18N4O. The molecule has 1 amide bonds. The van der Waals surface area contributed by atoms with Crippen molar-refractivity contribution in [2.75, 3.05) is 11.4 Å². The third-order valence-electron chi connectivity index (χ3n) is 3.66. The molecule has 2 N–H and O–H groups in total. The fourth-order valence-corrected chi connectivity index (χ4v) is 2.46.